The van der Waals surface area contributed by atoms with E-state index in [1.165, 1.54) is 30.5 Å². The number of hydrogen-bond acceptors (Lipinski definition) is 8. The number of aromatic nitrogens is 2. The van der Waals surface area contributed by atoms with Gasteiger partial charge in [0.05, 0.1) is 45.0 Å². The summed E-state index contributed by atoms with van der Waals surface area (Å²) in [6.07, 6.45) is 2.54. The van der Waals surface area contributed by atoms with Crippen molar-refractivity contribution in [3.8, 4) is 23.3 Å². The van der Waals surface area contributed by atoms with Gasteiger partial charge in [-0.2, -0.15) is 10.5 Å². The molecule has 2 aromatic carbocycles. The van der Waals surface area contributed by atoms with Gasteiger partial charge in [-0.1, -0.05) is 29.5 Å². The second-order valence-corrected chi connectivity index (χ2v) is 10.0. The zero-order valence-corrected chi connectivity index (χ0v) is 21.3. The van der Waals surface area contributed by atoms with Crippen LogP contribution in [-0.2, 0) is 4.79 Å². The van der Waals surface area contributed by atoms with Crippen molar-refractivity contribution in [2.24, 2.45) is 0 Å². The highest BCUT2D eigenvalue weighted by Crippen LogP contribution is 2.43. The molecule has 38 heavy (non-hydrogen) atoms. The molecule has 0 radical (unpaired) electrons. The van der Waals surface area contributed by atoms with Gasteiger partial charge < -0.3 is 15.5 Å². The van der Waals surface area contributed by atoms with Crippen molar-refractivity contribution in [3.05, 3.63) is 59.3 Å². The lowest BCUT2D eigenvalue weighted by Crippen LogP contribution is -2.55. The second-order valence-electron chi connectivity index (χ2n) is 8.60. The number of piperazine rings is 1. The first-order valence-corrected chi connectivity index (χ1v) is 12.6. The minimum absolute atomic E-state index is 0.0126. The fourth-order valence-electron chi connectivity index (χ4n) is 4.86. The Labute approximate surface area is 224 Å². The van der Waals surface area contributed by atoms with Crippen LogP contribution in [0.15, 0.2) is 37.1 Å². The maximum Gasteiger partial charge on any atom is 0.246 e. The van der Waals surface area contributed by atoms with E-state index in [1.807, 2.05) is 4.90 Å². The van der Waals surface area contributed by atoms with E-state index in [2.05, 4.69) is 28.7 Å². The smallest absolute Gasteiger partial charge is 0.246 e. The number of benzene rings is 2. The second kappa shape index (κ2) is 9.86. The molecule has 1 aliphatic heterocycles. The van der Waals surface area contributed by atoms with Crippen LogP contribution in [0.5, 0.6) is 0 Å². The molecular formula is C26H18ClF2N7OS. The third kappa shape index (κ3) is 4.06. The van der Waals surface area contributed by atoms with E-state index in [4.69, 9.17) is 17.3 Å². The maximum absolute atomic E-state index is 16.1. The molecule has 0 spiro atoms. The third-order valence-electron chi connectivity index (χ3n) is 6.51. The SMILES string of the molecule is C=CC(=O)N1CCN(c2c(C#N)cnc3c(F)c(-c4ccc(F)c5sc(N)nc45)c(Cl)cc23)CC1CC#N. The average Bonchev–Trinajstić information content (AvgIpc) is 3.31. The molecule has 1 fully saturated rings. The van der Waals surface area contributed by atoms with Crippen LogP contribution in [0.1, 0.15) is 12.0 Å². The molecule has 8 nitrogen and oxygen atoms in total. The van der Waals surface area contributed by atoms with Crippen LogP contribution in [0.4, 0.5) is 19.6 Å². The molecule has 1 amide bonds. The van der Waals surface area contributed by atoms with Crippen LogP contribution in [0.3, 0.4) is 0 Å². The van der Waals surface area contributed by atoms with Gasteiger partial charge in [-0.15, -0.1) is 0 Å². The van der Waals surface area contributed by atoms with Crippen molar-refractivity contribution in [3.63, 3.8) is 0 Å². The number of fused-ring (bicyclic) bond motifs is 2. The molecule has 0 aliphatic carbocycles. The zero-order valence-electron chi connectivity index (χ0n) is 19.7. The minimum Gasteiger partial charge on any atom is -0.375 e. The van der Waals surface area contributed by atoms with Crippen LogP contribution in [0.25, 0.3) is 32.2 Å². The molecule has 1 atom stereocenters. The number of anilines is 2. The van der Waals surface area contributed by atoms with Crippen LogP contribution >= 0.6 is 22.9 Å². The number of nitrogens with two attached hydrogens (primary N) is 1. The highest BCUT2D eigenvalue weighted by atomic mass is 35.5. The number of halogens is 3. The van der Waals surface area contributed by atoms with E-state index in [0.29, 0.717) is 17.6 Å². The Morgan fingerprint density at radius 1 is 1.32 bits per heavy atom. The first-order chi connectivity index (χ1) is 18.3. The summed E-state index contributed by atoms with van der Waals surface area (Å²) in [5, 5.41) is 19.6. The number of thiazole rings is 1. The van der Waals surface area contributed by atoms with E-state index >= 15 is 4.39 Å². The fourth-order valence-corrected chi connectivity index (χ4v) is 5.92. The highest BCUT2D eigenvalue weighted by Gasteiger charge is 2.32. The molecule has 2 N–H and O–H groups in total. The topological polar surface area (TPSA) is 123 Å². The Hall–Kier alpha value is -4.32. The Morgan fingerprint density at radius 3 is 2.82 bits per heavy atom. The predicted molar refractivity (Wildman–Crippen MR) is 143 cm³/mol. The largest absolute Gasteiger partial charge is 0.375 e. The standard InChI is InChI=1S/C26H18ClF2N7OS/c1-2-19(37)36-8-7-35(12-14(36)5-6-30)24-13(10-31)11-33-22-16(24)9-17(27)20(21(22)29)15-3-4-18(28)25-23(15)34-26(32)38-25/h2-4,9,11,14H,1,5,7-8,12H2,(H2,32,34). The van der Waals surface area contributed by atoms with Crippen molar-refractivity contribution in [1.82, 2.24) is 14.9 Å². The number of carbonyl (C=O) groups excluding carboxylic acids is 1. The summed E-state index contributed by atoms with van der Waals surface area (Å²) in [7, 11) is 0. The van der Waals surface area contributed by atoms with Crippen molar-refractivity contribution in [2.45, 2.75) is 12.5 Å². The number of nitrogens with zero attached hydrogens (tertiary/aromatic N) is 6. The van der Waals surface area contributed by atoms with Gasteiger partial charge >= 0.3 is 0 Å². The molecule has 190 valence electrons. The average molecular weight is 550 g/mol. The molecule has 1 saturated heterocycles. The zero-order chi connectivity index (χ0) is 27.1. The summed E-state index contributed by atoms with van der Waals surface area (Å²) >= 11 is 7.58. The Kier molecular flexibility index (Phi) is 6.57. The van der Waals surface area contributed by atoms with E-state index in [0.717, 1.165) is 11.3 Å². The predicted octanol–water partition coefficient (Wildman–Crippen LogP) is 5.01. The van der Waals surface area contributed by atoms with Gasteiger partial charge in [0, 0.05) is 42.3 Å². The van der Waals surface area contributed by atoms with Crippen molar-refractivity contribution >= 4 is 60.8 Å². The monoisotopic (exact) mass is 549 g/mol. The molecule has 1 unspecified atom stereocenters. The summed E-state index contributed by atoms with van der Waals surface area (Å²) < 4.78 is 30.7. The fraction of sp³-hybridized carbons (Fsp3) is 0.192. The van der Waals surface area contributed by atoms with E-state index in [9.17, 15) is 19.7 Å². The van der Waals surface area contributed by atoms with Gasteiger partial charge in [0.15, 0.2) is 10.9 Å². The van der Waals surface area contributed by atoms with Gasteiger partial charge in [-0.3, -0.25) is 9.78 Å². The van der Waals surface area contributed by atoms with E-state index in [-0.39, 0.29) is 68.0 Å². The number of carbonyl (C=O) groups is 1. The third-order valence-corrected chi connectivity index (χ3v) is 7.70. The normalized spacial score (nSPS) is 15.4. The summed E-state index contributed by atoms with van der Waals surface area (Å²) in [4.78, 5) is 24.1. The first kappa shape index (κ1) is 25.3. The number of hydrogen-bond donors (Lipinski definition) is 1. The molecule has 2 aromatic heterocycles. The maximum atomic E-state index is 16.1. The Balaban J connectivity index is 1.68. The number of amides is 1. The molecule has 5 rings (SSSR count). The van der Waals surface area contributed by atoms with Gasteiger partial charge in [-0.05, 0) is 24.3 Å². The number of rotatable bonds is 4. The lowest BCUT2D eigenvalue weighted by atomic mass is 9.98. The summed E-state index contributed by atoms with van der Waals surface area (Å²) in [5.41, 5.74) is 6.78. The van der Waals surface area contributed by atoms with Crippen LogP contribution < -0.4 is 10.6 Å². The van der Waals surface area contributed by atoms with Crippen LogP contribution in [-0.4, -0.2) is 46.5 Å². The first-order valence-electron chi connectivity index (χ1n) is 11.4. The summed E-state index contributed by atoms with van der Waals surface area (Å²) in [6.45, 7) is 4.36. The molecule has 0 bridgehead atoms. The molecule has 12 heteroatoms. The molecular weight excluding hydrogens is 532 g/mol. The van der Waals surface area contributed by atoms with Crippen LogP contribution in [0, 0.1) is 34.3 Å². The van der Waals surface area contributed by atoms with Crippen LogP contribution in [0.2, 0.25) is 5.02 Å². The van der Waals surface area contributed by atoms with Crippen molar-refractivity contribution < 1.29 is 13.6 Å². The van der Waals surface area contributed by atoms with Crippen molar-refractivity contribution in [1.29, 1.82) is 10.5 Å². The van der Waals surface area contributed by atoms with Crippen molar-refractivity contribution in [2.75, 3.05) is 30.3 Å². The lowest BCUT2D eigenvalue weighted by molar-refractivity contribution is -0.128. The van der Waals surface area contributed by atoms with Gasteiger partial charge in [0.25, 0.3) is 0 Å². The highest BCUT2D eigenvalue weighted by molar-refractivity contribution is 7.22. The summed E-state index contributed by atoms with van der Waals surface area (Å²) in [6, 6.07) is 7.84. The van der Waals surface area contributed by atoms with E-state index < -0.39 is 17.7 Å². The number of pyridine rings is 1. The number of nitriles is 2. The molecule has 3 heterocycles. The van der Waals surface area contributed by atoms with Gasteiger partial charge in [0.1, 0.15) is 17.4 Å². The quantitative estimate of drug-likeness (QED) is 0.355. The minimum atomic E-state index is -0.758. The van der Waals surface area contributed by atoms with Gasteiger partial charge in [0.2, 0.25) is 5.91 Å². The summed E-state index contributed by atoms with van der Waals surface area (Å²) in [5.74, 6) is -1.58. The van der Waals surface area contributed by atoms with Gasteiger partial charge in [-0.25, -0.2) is 13.8 Å². The van der Waals surface area contributed by atoms with E-state index in [1.54, 1.807) is 4.90 Å². The number of nitrogen functional groups attached to an aromatic ring is 1. The Morgan fingerprint density at radius 2 is 2.11 bits per heavy atom. The molecule has 0 saturated carbocycles. The lowest BCUT2D eigenvalue weighted by Gasteiger charge is -2.41. The Bertz CT molecular complexity index is 1730. The molecule has 1 aliphatic rings. The molecule has 4 aromatic rings.